The van der Waals surface area contributed by atoms with Crippen LogP contribution < -0.4 is 5.56 Å². The molecule has 0 unspecified atom stereocenters. The van der Waals surface area contributed by atoms with Crippen LogP contribution in [-0.2, 0) is 6.54 Å². The van der Waals surface area contributed by atoms with Crippen molar-refractivity contribution in [2.75, 3.05) is 0 Å². The van der Waals surface area contributed by atoms with Gasteiger partial charge in [-0.25, -0.2) is 4.98 Å². The quantitative estimate of drug-likeness (QED) is 0.522. The summed E-state index contributed by atoms with van der Waals surface area (Å²) in [7, 11) is 0. The normalized spacial score (nSPS) is 11.0. The average Bonchev–Trinajstić information content (AvgIpc) is 3.06. The molecule has 0 spiro atoms. The first kappa shape index (κ1) is 16.2. The van der Waals surface area contributed by atoms with Crippen molar-refractivity contribution in [2.24, 2.45) is 0 Å². The van der Waals surface area contributed by atoms with Gasteiger partial charge in [0.2, 0.25) is 5.78 Å². The third kappa shape index (κ3) is 3.02. The van der Waals surface area contributed by atoms with E-state index in [4.69, 9.17) is 11.6 Å². The molecule has 0 saturated carbocycles. The molecule has 6 nitrogen and oxygen atoms in total. The first-order valence-electron chi connectivity index (χ1n) is 7.89. The lowest BCUT2D eigenvalue weighted by Gasteiger charge is -2.06. The fraction of sp³-hybridized carbons (Fsp3) is 0.0526. The summed E-state index contributed by atoms with van der Waals surface area (Å²) in [6, 6.07) is 11.7. The highest BCUT2D eigenvalue weighted by atomic mass is 35.5. The van der Waals surface area contributed by atoms with E-state index < -0.39 is 0 Å². The Balaban J connectivity index is 1.74. The number of ketones is 1. The van der Waals surface area contributed by atoms with E-state index in [9.17, 15) is 9.59 Å². The summed E-state index contributed by atoms with van der Waals surface area (Å²) in [5.74, 6) is 0.315. The number of carbonyl (C=O) groups is 1. The van der Waals surface area contributed by atoms with Gasteiger partial charge in [-0.1, -0.05) is 11.6 Å². The molecule has 3 heterocycles. The molecule has 4 rings (SSSR count). The van der Waals surface area contributed by atoms with Gasteiger partial charge < -0.3 is 4.57 Å². The summed E-state index contributed by atoms with van der Waals surface area (Å²) in [5.41, 5.74) is 1.67. The lowest BCUT2D eigenvalue weighted by atomic mass is 10.1. The predicted molar refractivity (Wildman–Crippen MR) is 98.5 cm³/mol. The highest BCUT2D eigenvalue weighted by molar-refractivity contribution is 6.30. The first-order chi connectivity index (χ1) is 12.6. The van der Waals surface area contributed by atoms with Crippen molar-refractivity contribution in [3.8, 4) is 11.3 Å². The lowest BCUT2D eigenvalue weighted by molar-refractivity contribution is 0.0973. The molecule has 0 aliphatic rings. The molecule has 26 heavy (non-hydrogen) atoms. The molecule has 0 saturated heterocycles. The minimum absolute atomic E-state index is 0.0738. The summed E-state index contributed by atoms with van der Waals surface area (Å²) in [5, 5.41) is 0.572. The van der Waals surface area contributed by atoms with Crippen molar-refractivity contribution < 1.29 is 4.79 Å². The SMILES string of the molecule is O=C(Cn1ccn2c(=O)cc(-c3ccncc3)nc12)c1ccc(Cl)cc1. The van der Waals surface area contributed by atoms with Crippen LogP contribution in [0.3, 0.4) is 0 Å². The molecule has 3 aromatic heterocycles. The Hall–Kier alpha value is -3.25. The van der Waals surface area contributed by atoms with Crippen molar-refractivity contribution in [3.05, 3.63) is 88.2 Å². The second kappa shape index (κ2) is 6.57. The van der Waals surface area contributed by atoms with E-state index in [1.54, 1.807) is 65.8 Å². The number of benzene rings is 1. The Labute approximate surface area is 153 Å². The summed E-state index contributed by atoms with van der Waals surface area (Å²) >= 11 is 5.86. The monoisotopic (exact) mass is 364 g/mol. The molecule has 0 N–H and O–H groups in total. The Morgan fingerprint density at radius 1 is 1.04 bits per heavy atom. The van der Waals surface area contributed by atoms with Crippen LogP contribution in [0.4, 0.5) is 0 Å². The third-order valence-electron chi connectivity index (χ3n) is 4.04. The fourth-order valence-electron chi connectivity index (χ4n) is 2.71. The highest BCUT2D eigenvalue weighted by Crippen LogP contribution is 2.16. The van der Waals surface area contributed by atoms with Crippen LogP contribution in [0.25, 0.3) is 17.0 Å². The molecule has 1 aromatic carbocycles. The maximum absolute atomic E-state index is 12.5. The maximum Gasteiger partial charge on any atom is 0.259 e. The number of halogens is 1. The van der Waals surface area contributed by atoms with Gasteiger partial charge >= 0.3 is 0 Å². The molecule has 0 radical (unpaired) electrons. The number of carbonyl (C=O) groups excluding carboxylic acids is 1. The van der Waals surface area contributed by atoms with Crippen LogP contribution in [0.2, 0.25) is 5.02 Å². The molecular weight excluding hydrogens is 352 g/mol. The molecule has 0 fully saturated rings. The number of rotatable bonds is 4. The van der Waals surface area contributed by atoms with Crippen LogP contribution in [0.1, 0.15) is 10.4 Å². The van der Waals surface area contributed by atoms with Crippen molar-refractivity contribution >= 4 is 23.2 Å². The zero-order valence-electron chi connectivity index (χ0n) is 13.5. The third-order valence-corrected chi connectivity index (χ3v) is 4.29. The smallest absolute Gasteiger partial charge is 0.259 e. The van der Waals surface area contributed by atoms with E-state index in [-0.39, 0.29) is 17.9 Å². The Bertz CT molecular complexity index is 1150. The van der Waals surface area contributed by atoms with Gasteiger partial charge in [-0.15, -0.1) is 0 Å². The second-order valence-corrected chi connectivity index (χ2v) is 6.18. The minimum atomic E-state index is -0.209. The van der Waals surface area contributed by atoms with Crippen LogP contribution in [0.15, 0.2) is 72.0 Å². The molecule has 7 heteroatoms. The van der Waals surface area contributed by atoms with Crippen molar-refractivity contribution in [1.82, 2.24) is 18.9 Å². The fourth-order valence-corrected chi connectivity index (χ4v) is 2.84. The number of pyridine rings is 1. The molecule has 0 bridgehead atoms. The van der Waals surface area contributed by atoms with E-state index >= 15 is 0 Å². The van der Waals surface area contributed by atoms with E-state index in [0.29, 0.717) is 22.1 Å². The van der Waals surface area contributed by atoms with E-state index in [2.05, 4.69) is 9.97 Å². The van der Waals surface area contributed by atoms with Crippen LogP contribution >= 0.6 is 11.6 Å². The Morgan fingerprint density at radius 3 is 2.50 bits per heavy atom. The van der Waals surface area contributed by atoms with Crippen LogP contribution in [0, 0.1) is 0 Å². The average molecular weight is 365 g/mol. The number of hydrogen-bond donors (Lipinski definition) is 0. The Morgan fingerprint density at radius 2 is 1.77 bits per heavy atom. The van der Waals surface area contributed by atoms with Crippen molar-refractivity contribution in [2.45, 2.75) is 6.54 Å². The van der Waals surface area contributed by atoms with Gasteiger partial charge in [0.1, 0.15) is 0 Å². The summed E-state index contributed by atoms with van der Waals surface area (Å²) in [6.45, 7) is 0.0738. The largest absolute Gasteiger partial charge is 0.309 e. The Kier molecular flexibility index (Phi) is 4.10. The topological polar surface area (TPSA) is 69.3 Å². The molecule has 128 valence electrons. The second-order valence-electron chi connectivity index (χ2n) is 5.74. The van der Waals surface area contributed by atoms with Gasteiger partial charge in [-0.05, 0) is 36.4 Å². The minimum Gasteiger partial charge on any atom is -0.309 e. The van der Waals surface area contributed by atoms with Gasteiger partial charge in [0.25, 0.3) is 5.56 Å². The summed E-state index contributed by atoms with van der Waals surface area (Å²) < 4.78 is 3.07. The number of nitrogens with zero attached hydrogens (tertiary/aromatic N) is 4. The maximum atomic E-state index is 12.5. The lowest BCUT2D eigenvalue weighted by Crippen LogP contribution is -2.16. The molecular formula is C19H13ClN4O2. The highest BCUT2D eigenvalue weighted by Gasteiger charge is 2.12. The van der Waals surface area contributed by atoms with E-state index in [1.165, 1.54) is 10.5 Å². The van der Waals surface area contributed by atoms with Gasteiger partial charge in [-0.2, -0.15) is 0 Å². The molecule has 0 aliphatic carbocycles. The molecule has 0 amide bonds. The number of Topliss-reactive ketones (excluding diaryl/α,β-unsaturated/α-hetero) is 1. The standard InChI is InChI=1S/C19H13ClN4O2/c20-15-3-1-14(2-4-15)17(25)12-23-9-10-24-18(26)11-16(22-19(23)24)13-5-7-21-8-6-13/h1-11H,12H2. The van der Waals surface area contributed by atoms with Gasteiger partial charge in [0.15, 0.2) is 5.78 Å². The number of hydrogen-bond acceptors (Lipinski definition) is 4. The van der Waals surface area contributed by atoms with Gasteiger partial charge in [0, 0.05) is 47.0 Å². The van der Waals surface area contributed by atoms with Gasteiger partial charge in [0.05, 0.1) is 12.2 Å². The predicted octanol–water partition coefficient (Wildman–Crippen LogP) is 3.09. The molecule has 0 atom stereocenters. The van der Waals surface area contributed by atoms with E-state index in [1.807, 2.05) is 0 Å². The van der Waals surface area contributed by atoms with E-state index in [0.717, 1.165) is 5.56 Å². The summed E-state index contributed by atoms with van der Waals surface area (Å²) in [6.07, 6.45) is 6.56. The number of imidazole rings is 1. The van der Waals surface area contributed by atoms with Crippen molar-refractivity contribution in [3.63, 3.8) is 0 Å². The van der Waals surface area contributed by atoms with Crippen LogP contribution in [0.5, 0.6) is 0 Å². The molecule has 0 aliphatic heterocycles. The number of fused-ring (bicyclic) bond motifs is 1. The zero-order chi connectivity index (χ0) is 18.1. The molecule has 4 aromatic rings. The first-order valence-corrected chi connectivity index (χ1v) is 8.27. The summed E-state index contributed by atoms with van der Waals surface area (Å²) in [4.78, 5) is 33.4. The van der Waals surface area contributed by atoms with Crippen molar-refractivity contribution in [1.29, 1.82) is 0 Å². The number of aromatic nitrogens is 4. The van der Waals surface area contributed by atoms with Crippen LogP contribution in [-0.4, -0.2) is 24.7 Å². The van der Waals surface area contributed by atoms with Gasteiger partial charge in [-0.3, -0.25) is 19.0 Å². The zero-order valence-corrected chi connectivity index (χ0v) is 14.3.